The number of urea groups is 1. The number of aromatic nitrogens is 2. The molecular formula is C24H33N5O3. The van der Waals surface area contributed by atoms with E-state index in [4.69, 9.17) is 4.74 Å². The molecule has 8 heteroatoms. The van der Waals surface area contributed by atoms with Crippen LogP contribution in [0.2, 0.25) is 0 Å². The van der Waals surface area contributed by atoms with Gasteiger partial charge in [-0.25, -0.2) is 4.79 Å². The first kappa shape index (κ1) is 22.3. The molecule has 1 aromatic carbocycles. The maximum absolute atomic E-state index is 13.2. The van der Waals surface area contributed by atoms with Crippen LogP contribution in [0.1, 0.15) is 31.7 Å². The Hall–Kier alpha value is -2.87. The van der Waals surface area contributed by atoms with Crippen LogP contribution >= 0.6 is 0 Å². The molecule has 1 atom stereocenters. The molecule has 1 aromatic heterocycles. The van der Waals surface area contributed by atoms with E-state index in [1.54, 1.807) is 20.4 Å². The molecule has 8 nitrogen and oxygen atoms in total. The first-order valence-corrected chi connectivity index (χ1v) is 11.4. The number of likely N-dealkylation sites (tertiary alicyclic amines) is 1. The second kappa shape index (κ2) is 9.32. The number of likely N-dealkylation sites (N-methyl/N-ethyl adjacent to an activating group) is 1. The number of nitrogens with zero attached hydrogens (tertiary/aromatic N) is 5. The average Bonchev–Trinajstić information content (AvgIpc) is 3.40. The zero-order chi connectivity index (χ0) is 22.7. The molecule has 0 saturated carbocycles. The maximum atomic E-state index is 13.2. The summed E-state index contributed by atoms with van der Waals surface area (Å²) in [4.78, 5) is 31.7. The van der Waals surface area contributed by atoms with Crippen molar-refractivity contribution >= 4 is 11.9 Å². The fraction of sp³-hybridized carbons (Fsp3) is 0.542. The third-order valence-corrected chi connectivity index (χ3v) is 7.10. The smallest absolute Gasteiger partial charge is 0.327 e. The molecule has 4 rings (SSSR count). The van der Waals surface area contributed by atoms with Gasteiger partial charge in [-0.15, -0.1) is 0 Å². The predicted molar refractivity (Wildman–Crippen MR) is 121 cm³/mol. The lowest BCUT2D eigenvalue weighted by molar-refractivity contribution is -0.135. The van der Waals surface area contributed by atoms with E-state index in [0.29, 0.717) is 31.8 Å². The molecule has 2 aromatic rings. The highest BCUT2D eigenvalue weighted by Crippen LogP contribution is 2.37. The molecule has 2 saturated heterocycles. The van der Waals surface area contributed by atoms with Crippen molar-refractivity contribution in [1.29, 1.82) is 0 Å². The summed E-state index contributed by atoms with van der Waals surface area (Å²) in [7, 11) is 3.26. The van der Waals surface area contributed by atoms with Crippen molar-refractivity contribution in [3.05, 3.63) is 48.3 Å². The standard InChI is InChI=1S/C24H33N5O3/c1-19(9-15-28-14-4-13-25-28)27-17-11-24(12-18-27)22(30)26(2)23(31)29(24)16-10-20-5-7-21(32-3)8-6-20/h4-8,13-14,19H,9-12,15-18H2,1-3H3/t19-/m0/s1. The maximum Gasteiger partial charge on any atom is 0.327 e. The van der Waals surface area contributed by atoms with E-state index in [0.717, 1.165) is 37.4 Å². The van der Waals surface area contributed by atoms with Crippen LogP contribution in [0.5, 0.6) is 5.75 Å². The molecule has 0 unspecified atom stereocenters. The summed E-state index contributed by atoms with van der Waals surface area (Å²) < 4.78 is 7.18. The number of amides is 3. The van der Waals surface area contributed by atoms with Gasteiger partial charge in [0.15, 0.2) is 0 Å². The van der Waals surface area contributed by atoms with Crippen molar-refractivity contribution in [2.45, 2.75) is 50.7 Å². The SMILES string of the molecule is COc1ccc(CCN2C(=O)N(C)C(=O)C23CCN([C@@H](C)CCn2cccn2)CC3)cc1. The van der Waals surface area contributed by atoms with Gasteiger partial charge in [0.25, 0.3) is 5.91 Å². The first-order valence-electron chi connectivity index (χ1n) is 11.4. The number of rotatable bonds is 8. The fourth-order valence-electron chi connectivity index (χ4n) is 4.97. The molecule has 0 bridgehead atoms. The van der Waals surface area contributed by atoms with E-state index in [1.165, 1.54) is 4.90 Å². The van der Waals surface area contributed by atoms with Gasteiger partial charge in [-0.1, -0.05) is 12.1 Å². The van der Waals surface area contributed by atoms with E-state index < -0.39 is 5.54 Å². The van der Waals surface area contributed by atoms with Gasteiger partial charge < -0.3 is 14.5 Å². The van der Waals surface area contributed by atoms with Crippen molar-refractivity contribution in [1.82, 2.24) is 24.5 Å². The van der Waals surface area contributed by atoms with E-state index in [1.807, 2.05) is 46.1 Å². The largest absolute Gasteiger partial charge is 0.497 e. The highest BCUT2D eigenvalue weighted by atomic mass is 16.5. The summed E-state index contributed by atoms with van der Waals surface area (Å²) in [6.45, 7) is 5.27. The van der Waals surface area contributed by atoms with Crippen LogP contribution in [0.3, 0.4) is 0 Å². The third-order valence-electron chi connectivity index (χ3n) is 7.10. The number of benzene rings is 1. The Morgan fingerprint density at radius 2 is 1.84 bits per heavy atom. The van der Waals surface area contributed by atoms with Gasteiger partial charge in [0, 0.05) is 51.7 Å². The second-order valence-corrected chi connectivity index (χ2v) is 8.87. The monoisotopic (exact) mass is 439 g/mol. The predicted octanol–water partition coefficient (Wildman–Crippen LogP) is 2.64. The Labute approximate surface area is 189 Å². The number of ether oxygens (including phenoxy) is 1. The summed E-state index contributed by atoms with van der Waals surface area (Å²) in [6.07, 6.45) is 6.85. The lowest BCUT2D eigenvalue weighted by atomic mass is 9.85. The average molecular weight is 440 g/mol. The molecule has 3 amide bonds. The van der Waals surface area contributed by atoms with Gasteiger partial charge in [0.05, 0.1) is 7.11 Å². The van der Waals surface area contributed by atoms with Crippen molar-refractivity contribution in [3.8, 4) is 5.75 Å². The van der Waals surface area contributed by atoms with E-state index in [9.17, 15) is 9.59 Å². The summed E-state index contributed by atoms with van der Waals surface area (Å²) in [5.74, 6) is 0.757. The molecule has 1 spiro atoms. The number of carbonyl (C=O) groups is 2. The van der Waals surface area contributed by atoms with Crippen molar-refractivity contribution in [2.75, 3.05) is 33.8 Å². The van der Waals surface area contributed by atoms with Crippen LogP contribution in [-0.4, -0.2) is 81.8 Å². The van der Waals surface area contributed by atoms with Crippen molar-refractivity contribution in [2.24, 2.45) is 0 Å². The zero-order valence-corrected chi connectivity index (χ0v) is 19.2. The van der Waals surface area contributed by atoms with Gasteiger partial charge in [-0.3, -0.25) is 14.4 Å². The summed E-state index contributed by atoms with van der Waals surface area (Å²) >= 11 is 0. The molecule has 32 heavy (non-hydrogen) atoms. The van der Waals surface area contributed by atoms with Gasteiger partial charge >= 0.3 is 6.03 Å². The van der Waals surface area contributed by atoms with Crippen LogP contribution < -0.4 is 4.74 Å². The number of methoxy groups -OCH3 is 1. The summed E-state index contributed by atoms with van der Waals surface area (Å²) in [6, 6.07) is 10.0. The molecule has 3 heterocycles. The van der Waals surface area contributed by atoms with Gasteiger partial charge in [0.2, 0.25) is 0 Å². The molecule has 2 aliphatic heterocycles. The number of imide groups is 1. The van der Waals surface area contributed by atoms with Crippen LogP contribution in [-0.2, 0) is 17.8 Å². The molecular weight excluding hydrogens is 406 g/mol. The Morgan fingerprint density at radius 3 is 2.47 bits per heavy atom. The number of hydrogen-bond donors (Lipinski definition) is 0. The lowest BCUT2D eigenvalue weighted by Crippen LogP contribution is -2.58. The van der Waals surface area contributed by atoms with Crippen LogP contribution in [0.25, 0.3) is 0 Å². The molecule has 2 aliphatic rings. The number of hydrogen-bond acceptors (Lipinski definition) is 5. The molecule has 0 N–H and O–H groups in total. The van der Waals surface area contributed by atoms with Gasteiger partial charge in [-0.2, -0.15) is 5.10 Å². The molecule has 0 radical (unpaired) electrons. The minimum atomic E-state index is -0.712. The Balaban J connectivity index is 1.39. The minimum Gasteiger partial charge on any atom is -0.497 e. The first-order chi connectivity index (χ1) is 15.4. The van der Waals surface area contributed by atoms with Crippen molar-refractivity contribution in [3.63, 3.8) is 0 Å². The number of piperidine rings is 1. The van der Waals surface area contributed by atoms with E-state index >= 15 is 0 Å². The Kier molecular flexibility index (Phi) is 6.50. The van der Waals surface area contributed by atoms with Gasteiger partial charge in [-0.05, 0) is 56.4 Å². The third kappa shape index (κ3) is 4.24. The normalized spacial score (nSPS) is 19.7. The zero-order valence-electron chi connectivity index (χ0n) is 19.2. The highest BCUT2D eigenvalue weighted by Gasteiger charge is 2.56. The molecule has 2 fully saturated rings. The van der Waals surface area contributed by atoms with E-state index in [-0.39, 0.29) is 11.9 Å². The Bertz CT molecular complexity index is 920. The summed E-state index contributed by atoms with van der Waals surface area (Å²) in [5.41, 5.74) is 0.414. The topological polar surface area (TPSA) is 70.9 Å². The van der Waals surface area contributed by atoms with Gasteiger partial charge in [0.1, 0.15) is 11.3 Å². The summed E-state index contributed by atoms with van der Waals surface area (Å²) in [5, 5.41) is 4.28. The molecule has 172 valence electrons. The lowest BCUT2D eigenvalue weighted by Gasteiger charge is -2.44. The number of aryl methyl sites for hydroxylation is 1. The van der Waals surface area contributed by atoms with E-state index in [2.05, 4.69) is 16.9 Å². The van der Waals surface area contributed by atoms with Crippen LogP contribution in [0.4, 0.5) is 4.79 Å². The minimum absolute atomic E-state index is 0.0546. The second-order valence-electron chi connectivity index (χ2n) is 8.87. The highest BCUT2D eigenvalue weighted by molar-refractivity contribution is 6.06. The quantitative estimate of drug-likeness (QED) is 0.592. The number of carbonyl (C=O) groups excluding carboxylic acids is 2. The fourth-order valence-corrected chi connectivity index (χ4v) is 4.97. The van der Waals surface area contributed by atoms with Crippen LogP contribution in [0.15, 0.2) is 42.7 Å². The Morgan fingerprint density at radius 1 is 1.12 bits per heavy atom. The van der Waals surface area contributed by atoms with Crippen molar-refractivity contribution < 1.29 is 14.3 Å². The van der Waals surface area contributed by atoms with Crippen LogP contribution in [0, 0.1) is 0 Å². The molecule has 0 aliphatic carbocycles.